The molecule has 1 nitrogen and oxygen atoms in total. The van der Waals surface area contributed by atoms with E-state index in [0.29, 0.717) is 11.1 Å². The van der Waals surface area contributed by atoms with Gasteiger partial charge in [0.25, 0.3) is 0 Å². The molecule has 1 aromatic carbocycles. The van der Waals surface area contributed by atoms with Crippen molar-refractivity contribution in [3.05, 3.63) is 30.3 Å². The fourth-order valence-electron chi connectivity index (χ4n) is 2.38. The zero-order chi connectivity index (χ0) is 12.2. The minimum absolute atomic E-state index is 0.421. The summed E-state index contributed by atoms with van der Waals surface area (Å²) < 4.78 is 0. The van der Waals surface area contributed by atoms with Crippen molar-refractivity contribution >= 4 is 13.5 Å². The van der Waals surface area contributed by atoms with Gasteiger partial charge in [0.2, 0.25) is 8.32 Å². The second-order valence-corrected chi connectivity index (χ2v) is 9.01. The fraction of sp³-hybridized carbons (Fsp3) is 0.571. The highest BCUT2D eigenvalue weighted by molar-refractivity contribution is 6.87. The van der Waals surface area contributed by atoms with Crippen LogP contribution in [0.2, 0.25) is 11.1 Å². The topological polar surface area (TPSA) is 20.2 Å². The SMILES string of the molecule is CCC(C)[Si](O)(c1ccccc1)C(C)CC. The van der Waals surface area contributed by atoms with Crippen LogP contribution in [0.15, 0.2) is 30.3 Å². The third kappa shape index (κ3) is 2.38. The molecule has 0 saturated heterocycles. The van der Waals surface area contributed by atoms with Crippen molar-refractivity contribution in [2.75, 3.05) is 0 Å². The van der Waals surface area contributed by atoms with E-state index in [1.807, 2.05) is 18.2 Å². The molecule has 2 atom stereocenters. The van der Waals surface area contributed by atoms with Crippen LogP contribution in [0.1, 0.15) is 40.5 Å². The first-order chi connectivity index (χ1) is 7.57. The minimum atomic E-state index is -2.33. The van der Waals surface area contributed by atoms with Crippen molar-refractivity contribution in [2.24, 2.45) is 0 Å². The molecular weight excluding hydrogens is 212 g/mol. The Hall–Kier alpha value is -0.603. The van der Waals surface area contributed by atoms with Gasteiger partial charge in [-0.1, -0.05) is 70.9 Å². The summed E-state index contributed by atoms with van der Waals surface area (Å²) in [6.45, 7) is 8.75. The van der Waals surface area contributed by atoms with Gasteiger partial charge >= 0.3 is 0 Å². The molecule has 16 heavy (non-hydrogen) atoms. The lowest BCUT2D eigenvalue weighted by molar-refractivity contribution is 0.493. The van der Waals surface area contributed by atoms with Gasteiger partial charge < -0.3 is 4.80 Å². The fourth-order valence-corrected chi connectivity index (χ4v) is 6.46. The van der Waals surface area contributed by atoms with Gasteiger partial charge in [0.1, 0.15) is 0 Å². The van der Waals surface area contributed by atoms with E-state index in [-0.39, 0.29) is 0 Å². The monoisotopic (exact) mass is 236 g/mol. The smallest absolute Gasteiger partial charge is 0.225 e. The highest BCUT2D eigenvalue weighted by Crippen LogP contribution is 2.34. The average molecular weight is 236 g/mol. The zero-order valence-corrected chi connectivity index (χ0v) is 11.9. The molecule has 1 N–H and O–H groups in total. The van der Waals surface area contributed by atoms with Crippen LogP contribution < -0.4 is 5.19 Å². The summed E-state index contributed by atoms with van der Waals surface area (Å²) in [6, 6.07) is 10.3. The van der Waals surface area contributed by atoms with Crippen LogP contribution in [-0.4, -0.2) is 13.1 Å². The van der Waals surface area contributed by atoms with Gasteiger partial charge in [0.15, 0.2) is 0 Å². The maximum Gasteiger partial charge on any atom is 0.225 e. The van der Waals surface area contributed by atoms with E-state index >= 15 is 0 Å². The van der Waals surface area contributed by atoms with Gasteiger partial charge in [-0.3, -0.25) is 0 Å². The number of benzene rings is 1. The lowest BCUT2D eigenvalue weighted by Crippen LogP contribution is -2.54. The molecule has 2 unspecified atom stereocenters. The van der Waals surface area contributed by atoms with E-state index in [4.69, 9.17) is 0 Å². The summed E-state index contributed by atoms with van der Waals surface area (Å²) in [7, 11) is -2.33. The van der Waals surface area contributed by atoms with E-state index in [1.165, 1.54) is 5.19 Å². The Morgan fingerprint density at radius 3 is 1.81 bits per heavy atom. The van der Waals surface area contributed by atoms with Gasteiger partial charge in [-0.2, -0.15) is 0 Å². The standard InChI is InChI=1S/C14H24OSi/c1-5-12(3)16(15,13(4)6-2)14-10-8-7-9-11-14/h7-13,15H,5-6H2,1-4H3. The third-order valence-corrected chi connectivity index (χ3v) is 9.04. The van der Waals surface area contributed by atoms with Gasteiger partial charge in [-0.05, 0) is 16.3 Å². The van der Waals surface area contributed by atoms with Crippen LogP contribution in [0.3, 0.4) is 0 Å². The molecule has 0 aliphatic rings. The van der Waals surface area contributed by atoms with E-state index in [1.54, 1.807) is 0 Å². The summed E-state index contributed by atoms with van der Waals surface area (Å²) in [4.78, 5) is 11.2. The van der Waals surface area contributed by atoms with E-state index in [0.717, 1.165) is 12.8 Å². The molecule has 0 aromatic heterocycles. The van der Waals surface area contributed by atoms with Crippen LogP contribution in [0, 0.1) is 0 Å². The molecular formula is C14H24OSi. The Labute approximate surface area is 101 Å². The molecule has 0 amide bonds. The van der Waals surface area contributed by atoms with Crippen molar-refractivity contribution in [3.8, 4) is 0 Å². The zero-order valence-electron chi connectivity index (χ0n) is 10.9. The normalized spacial score (nSPS) is 18.8. The van der Waals surface area contributed by atoms with Crippen molar-refractivity contribution < 1.29 is 4.80 Å². The Kier molecular flexibility index (Phi) is 4.75. The quantitative estimate of drug-likeness (QED) is 0.777. The lowest BCUT2D eigenvalue weighted by atomic mass is 10.3. The van der Waals surface area contributed by atoms with E-state index in [2.05, 4.69) is 39.8 Å². The molecule has 0 saturated carbocycles. The predicted octanol–water partition coefficient (Wildman–Crippen LogP) is 3.43. The Balaban J connectivity index is 3.14. The second-order valence-electron chi connectivity index (χ2n) is 4.81. The highest BCUT2D eigenvalue weighted by atomic mass is 28.4. The van der Waals surface area contributed by atoms with Crippen LogP contribution in [0.4, 0.5) is 0 Å². The Bertz CT molecular complexity index is 300. The number of hydrogen-bond acceptors (Lipinski definition) is 1. The van der Waals surface area contributed by atoms with Crippen molar-refractivity contribution in [1.29, 1.82) is 0 Å². The second kappa shape index (κ2) is 5.64. The minimum Gasteiger partial charge on any atom is -0.427 e. The van der Waals surface area contributed by atoms with Crippen LogP contribution in [-0.2, 0) is 0 Å². The molecule has 0 fully saturated rings. The molecule has 2 heteroatoms. The Morgan fingerprint density at radius 1 is 1.00 bits per heavy atom. The van der Waals surface area contributed by atoms with Crippen LogP contribution in [0.5, 0.6) is 0 Å². The molecule has 90 valence electrons. The first kappa shape index (κ1) is 13.5. The van der Waals surface area contributed by atoms with E-state index in [9.17, 15) is 4.80 Å². The summed E-state index contributed by atoms with van der Waals surface area (Å²) in [5, 5.41) is 1.19. The molecule has 0 spiro atoms. The first-order valence-electron chi connectivity index (χ1n) is 6.35. The summed E-state index contributed by atoms with van der Waals surface area (Å²) in [6.07, 6.45) is 2.11. The van der Waals surface area contributed by atoms with Gasteiger partial charge in [0.05, 0.1) is 0 Å². The van der Waals surface area contributed by atoms with E-state index < -0.39 is 8.32 Å². The third-order valence-electron chi connectivity index (χ3n) is 3.96. The highest BCUT2D eigenvalue weighted by Gasteiger charge is 2.42. The van der Waals surface area contributed by atoms with Crippen LogP contribution in [0.25, 0.3) is 0 Å². The maximum absolute atomic E-state index is 11.2. The van der Waals surface area contributed by atoms with Crippen LogP contribution >= 0.6 is 0 Å². The lowest BCUT2D eigenvalue weighted by Gasteiger charge is -2.36. The molecule has 0 bridgehead atoms. The molecule has 0 aliphatic heterocycles. The molecule has 1 rings (SSSR count). The van der Waals surface area contributed by atoms with Crippen molar-refractivity contribution in [1.82, 2.24) is 0 Å². The summed E-state index contributed by atoms with van der Waals surface area (Å²) in [5.41, 5.74) is 0.842. The largest absolute Gasteiger partial charge is 0.427 e. The van der Waals surface area contributed by atoms with Gasteiger partial charge in [0, 0.05) is 0 Å². The molecule has 0 aliphatic carbocycles. The molecule has 0 heterocycles. The summed E-state index contributed by atoms with van der Waals surface area (Å²) in [5.74, 6) is 0. The molecule has 0 radical (unpaired) electrons. The first-order valence-corrected chi connectivity index (χ1v) is 8.45. The van der Waals surface area contributed by atoms with Crippen molar-refractivity contribution in [2.45, 2.75) is 51.6 Å². The molecule has 1 aromatic rings. The summed E-state index contributed by atoms with van der Waals surface area (Å²) >= 11 is 0. The Morgan fingerprint density at radius 2 is 1.44 bits per heavy atom. The maximum atomic E-state index is 11.2. The number of rotatable bonds is 5. The van der Waals surface area contributed by atoms with Crippen molar-refractivity contribution in [3.63, 3.8) is 0 Å². The number of hydrogen-bond donors (Lipinski definition) is 1. The predicted molar refractivity (Wildman–Crippen MR) is 73.5 cm³/mol. The van der Waals surface area contributed by atoms with Gasteiger partial charge in [-0.25, -0.2) is 0 Å². The van der Waals surface area contributed by atoms with Gasteiger partial charge in [-0.15, -0.1) is 0 Å². The average Bonchev–Trinajstić information content (AvgIpc) is 2.36.